The average molecular weight is 445 g/mol. The minimum Gasteiger partial charge on any atom is -0.325 e. The Hall–Kier alpha value is -2.88. The van der Waals surface area contributed by atoms with Crippen molar-refractivity contribution in [1.82, 2.24) is 4.90 Å². The number of aliphatic imine (C=N–C) groups is 2. The third-order valence-corrected chi connectivity index (χ3v) is 6.66. The number of amidine groups is 2. The highest BCUT2D eigenvalue weighted by molar-refractivity contribution is 8.14. The Bertz CT molecular complexity index is 1050. The van der Waals surface area contributed by atoms with E-state index in [2.05, 4.69) is 15.3 Å². The van der Waals surface area contributed by atoms with Crippen LogP contribution in [0.3, 0.4) is 0 Å². The molecule has 1 unspecified atom stereocenters. The first-order chi connectivity index (χ1) is 14.8. The second-order valence-electron chi connectivity index (χ2n) is 7.78. The van der Waals surface area contributed by atoms with Crippen LogP contribution in [0.25, 0.3) is 0 Å². The summed E-state index contributed by atoms with van der Waals surface area (Å²) in [6, 6.07) is 5.20. The number of rotatable bonds is 4. The van der Waals surface area contributed by atoms with Crippen molar-refractivity contribution >= 4 is 52.0 Å². The van der Waals surface area contributed by atoms with Crippen molar-refractivity contribution in [2.45, 2.75) is 25.7 Å². The van der Waals surface area contributed by atoms with E-state index in [1.165, 1.54) is 29.8 Å². The van der Waals surface area contributed by atoms with Gasteiger partial charge in [-0.3, -0.25) is 9.59 Å². The molecule has 2 aliphatic heterocycles. The van der Waals surface area contributed by atoms with E-state index in [0.717, 1.165) is 42.3 Å². The van der Waals surface area contributed by atoms with Crippen LogP contribution in [0.4, 0.5) is 14.9 Å². The second-order valence-corrected chi connectivity index (χ2v) is 8.77. The van der Waals surface area contributed by atoms with Crippen LogP contribution in [-0.4, -0.2) is 63.9 Å². The highest BCUT2D eigenvalue weighted by Crippen LogP contribution is 2.32. The zero-order valence-corrected chi connectivity index (χ0v) is 18.1. The molecule has 1 saturated carbocycles. The van der Waals surface area contributed by atoms with Gasteiger partial charge in [0.1, 0.15) is 10.9 Å². The number of nitrogens with zero attached hydrogens (tertiary/aromatic N) is 4. The Morgan fingerprint density at radius 3 is 2.74 bits per heavy atom. The van der Waals surface area contributed by atoms with Crippen molar-refractivity contribution in [3.8, 4) is 0 Å². The van der Waals surface area contributed by atoms with Gasteiger partial charge in [0.05, 0.1) is 19.8 Å². The van der Waals surface area contributed by atoms with Crippen molar-refractivity contribution in [1.29, 1.82) is 0 Å². The maximum absolute atomic E-state index is 13.4. The molecule has 3 aliphatic rings. The normalized spacial score (nSPS) is 21.8. The first-order valence-electron chi connectivity index (χ1n) is 10.1. The molecule has 31 heavy (non-hydrogen) atoms. The molecule has 10 heteroatoms. The van der Waals surface area contributed by atoms with Crippen molar-refractivity contribution in [2.24, 2.45) is 21.8 Å². The number of nitrogens with one attached hydrogen (secondary N) is 1. The summed E-state index contributed by atoms with van der Waals surface area (Å²) in [5.74, 6) is -0.858. The fourth-order valence-electron chi connectivity index (χ4n) is 3.98. The summed E-state index contributed by atoms with van der Waals surface area (Å²) >= 11 is 1.14. The molecule has 4 amide bonds. The van der Waals surface area contributed by atoms with E-state index in [0.29, 0.717) is 22.4 Å². The minimum absolute atomic E-state index is 0.00821. The molecule has 8 nitrogen and oxygen atoms in total. The molecule has 1 aromatic rings. The van der Waals surface area contributed by atoms with E-state index < -0.39 is 23.7 Å². The van der Waals surface area contributed by atoms with Crippen molar-refractivity contribution in [3.63, 3.8) is 0 Å². The summed E-state index contributed by atoms with van der Waals surface area (Å²) in [5, 5.41) is 3.10. The van der Waals surface area contributed by atoms with Crippen molar-refractivity contribution in [3.05, 3.63) is 30.1 Å². The topological polar surface area (TPSA) is 94.2 Å². The van der Waals surface area contributed by atoms with Gasteiger partial charge in [-0.15, -0.1) is 0 Å². The second kappa shape index (κ2) is 8.70. The molecule has 162 valence electrons. The third kappa shape index (κ3) is 4.30. The van der Waals surface area contributed by atoms with Gasteiger partial charge in [0.2, 0.25) is 11.7 Å². The van der Waals surface area contributed by atoms with Gasteiger partial charge in [-0.25, -0.2) is 14.2 Å². The molecule has 0 bridgehead atoms. The fraction of sp³-hybridized carbons (Fsp3) is 0.429. The van der Waals surface area contributed by atoms with Gasteiger partial charge in [-0.05, 0) is 31.0 Å². The first-order valence-corrected chi connectivity index (χ1v) is 11.1. The summed E-state index contributed by atoms with van der Waals surface area (Å²) in [4.78, 5) is 48.0. The Morgan fingerprint density at radius 2 is 2.03 bits per heavy atom. The Morgan fingerprint density at radius 1 is 1.29 bits per heavy atom. The molecular formula is C21H23FN5O3S+. The average Bonchev–Trinajstić information content (AvgIpc) is 3.29. The maximum Gasteiger partial charge on any atom is 0.445 e. The molecule has 1 atom stereocenters. The molecule has 1 N–H and O–H groups in total. The highest BCUT2D eigenvalue weighted by Gasteiger charge is 2.49. The van der Waals surface area contributed by atoms with Crippen LogP contribution in [0, 0.1) is 17.7 Å². The van der Waals surface area contributed by atoms with Crippen LogP contribution in [0.2, 0.25) is 0 Å². The Balaban J connectivity index is 1.58. The summed E-state index contributed by atoms with van der Waals surface area (Å²) in [6.45, 7) is 0. The van der Waals surface area contributed by atoms with Gasteiger partial charge < -0.3 is 5.32 Å². The molecule has 1 fully saturated rings. The van der Waals surface area contributed by atoms with Gasteiger partial charge in [-0.2, -0.15) is 9.48 Å². The molecule has 0 saturated heterocycles. The van der Waals surface area contributed by atoms with E-state index in [-0.39, 0.29) is 17.6 Å². The number of hydrogen-bond donors (Lipinski definition) is 1. The van der Waals surface area contributed by atoms with Gasteiger partial charge >= 0.3 is 11.9 Å². The van der Waals surface area contributed by atoms with E-state index >= 15 is 0 Å². The number of benzene rings is 1. The number of amides is 4. The number of urea groups is 1. The van der Waals surface area contributed by atoms with Gasteiger partial charge in [0.15, 0.2) is 5.92 Å². The quantitative estimate of drug-likeness (QED) is 0.723. The van der Waals surface area contributed by atoms with Crippen LogP contribution >= 0.6 is 11.8 Å². The summed E-state index contributed by atoms with van der Waals surface area (Å²) in [5.41, 5.74) is 0.357. The lowest BCUT2D eigenvalue weighted by Crippen LogP contribution is -2.55. The fourth-order valence-corrected chi connectivity index (χ4v) is 4.86. The minimum atomic E-state index is -0.815. The number of anilines is 1. The number of imide groups is 1. The van der Waals surface area contributed by atoms with Crippen LogP contribution in [0.1, 0.15) is 25.7 Å². The monoisotopic (exact) mass is 444 g/mol. The van der Waals surface area contributed by atoms with E-state index in [1.807, 2.05) is 0 Å². The van der Waals surface area contributed by atoms with Crippen LogP contribution in [-0.2, 0) is 9.59 Å². The number of fused-ring (bicyclic) bond motifs is 1. The van der Waals surface area contributed by atoms with E-state index in [4.69, 9.17) is 0 Å². The molecule has 0 radical (unpaired) electrons. The summed E-state index contributed by atoms with van der Waals surface area (Å²) in [7, 11) is 3.01. The number of carbonyl (C=O) groups excluding carboxylic acids is 3. The number of halogens is 1. The summed E-state index contributed by atoms with van der Waals surface area (Å²) in [6.07, 6.45) is 4.10. The van der Waals surface area contributed by atoms with E-state index in [9.17, 15) is 18.8 Å². The Kier molecular flexibility index (Phi) is 5.99. The molecule has 2 heterocycles. The SMILES string of the molecule is CN1C(=O)C2C(SCC(=O)Nc3cccc(F)c3)=NC(C3CCCC3)=NC2=[N+](C)C1=O. The zero-order valence-electron chi connectivity index (χ0n) is 17.3. The predicted molar refractivity (Wildman–Crippen MR) is 117 cm³/mol. The molecule has 0 aromatic heterocycles. The number of hydrogen-bond acceptors (Lipinski definition) is 6. The molecule has 0 spiro atoms. The highest BCUT2D eigenvalue weighted by atomic mass is 32.2. The maximum atomic E-state index is 13.4. The van der Waals surface area contributed by atoms with Gasteiger partial charge in [-0.1, -0.05) is 35.7 Å². The number of thioether (sulfide) groups is 1. The number of carbonyl (C=O) groups is 3. The lowest BCUT2D eigenvalue weighted by molar-refractivity contribution is -0.407. The van der Waals surface area contributed by atoms with Crippen LogP contribution < -0.4 is 5.32 Å². The van der Waals surface area contributed by atoms with Crippen LogP contribution in [0.15, 0.2) is 34.3 Å². The Labute approximate surface area is 183 Å². The molecule has 4 rings (SSSR count). The van der Waals surface area contributed by atoms with Crippen LogP contribution in [0.5, 0.6) is 0 Å². The van der Waals surface area contributed by atoms with Crippen molar-refractivity contribution in [2.75, 3.05) is 25.2 Å². The molecular weight excluding hydrogens is 421 g/mol. The zero-order chi connectivity index (χ0) is 22.1. The predicted octanol–water partition coefficient (Wildman–Crippen LogP) is 2.75. The van der Waals surface area contributed by atoms with Crippen molar-refractivity contribution < 1.29 is 23.3 Å². The first kappa shape index (κ1) is 21.4. The standard InChI is InChI=1S/C21H22FN5O3S/c1-26-18-16(20(29)27(2)21(26)30)19(25-17(24-18)12-6-3-4-7-12)31-11-15(28)23-14-9-5-8-13(22)10-14/h5,8-10,12,16H,3-4,6-7,11H2,1-2H3/p+1. The third-order valence-electron chi connectivity index (χ3n) is 5.63. The molecule has 1 aromatic carbocycles. The van der Waals surface area contributed by atoms with Gasteiger partial charge in [0.25, 0.3) is 5.84 Å². The van der Waals surface area contributed by atoms with Gasteiger partial charge in [0, 0.05) is 11.6 Å². The lowest BCUT2D eigenvalue weighted by atomic mass is 10.0. The van der Waals surface area contributed by atoms with E-state index in [1.54, 1.807) is 13.1 Å². The summed E-state index contributed by atoms with van der Waals surface area (Å²) < 4.78 is 14.7. The smallest absolute Gasteiger partial charge is 0.325 e. The lowest BCUT2D eigenvalue weighted by Gasteiger charge is -2.27. The molecule has 1 aliphatic carbocycles. The largest absolute Gasteiger partial charge is 0.445 e.